The van der Waals surface area contributed by atoms with Crippen LogP contribution in [0, 0.1) is 10.7 Å². The van der Waals surface area contributed by atoms with Crippen LogP contribution >= 0.6 is 11.8 Å². The van der Waals surface area contributed by atoms with Crippen LogP contribution in [0.4, 0.5) is 0 Å². The highest BCUT2D eigenvalue weighted by Gasteiger charge is 2.28. The number of nitrogens with one attached hydrogen (secondary N) is 4. The molecular formula is C32H45N9O11S. The number of nitriles is 1. The van der Waals surface area contributed by atoms with Crippen LogP contribution in [0.3, 0.4) is 0 Å². The molecule has 1 atom stereocenters. The van der Waals surface area contributed by atoms with Crippen molar-refractivity contribution in [1.82, 2.24) is 40.9 Å². The molecule has 1 aromatic carbocycles. The van der Waals surface area contributed by atoms with Crippen LogP contribution in [0.2, 0.25) is 0 Å². The standard InChI is InChI=1S/C32H45N9O11S/c33-22-53-25-3-1-23(2-4-25)13-24-17-40(20-28(45)37-16-32(51)52)9-8-38(18-26(43)35-14-30(47)48)6-7-39(19-27(44)36-15-31(49)50)10-11-41(24)21-29(46)34-5-12-42/h1-4,12,24H,5-11,13-21H2,(H,34,46)(H,35,43)(H,36,44)(H,37,45)(H,47,48)(H,49,50)(H,51,52)/t24-/m0/s1. The second kappa shape index (κ2) is 24.2. The largest absolute Gasteiger partial charge is 0.480 e. The molecule has 0 spiro atoms. The van der Waals surface area contributed by atoms with Crippen molar-refractivity contribution in [2.75, 3.05) is 98.2 Å². The smallest absolute Gasteiger partial charge is 0.322 e. The molecule has 1 saturated heterocycles. The molecule has 1 heterocycles. The molecule has 7 N–H and O–H groups in total. The van der Waals surface area contributed by atoms with Gasteiger partial charge in [-0.3, -0.25) is 53.2 Å². The lowest BCUT2D eigenvalue weighted by atomic mass is 10.0. The first-order valence-electron chi connectivity index (χ1n) is 16.5. The van der Waals surface area contributed by atoms with Gasteiger partial charge in [-0.1, -0.05) is 12.1 Å². The van der Waals surface area contributed by atoms with Crippen molar-refractivity contribution < 1.29 is 53.7 Å². The lowest BCUT2D eigenvalue weighted by molar-refractivity contribution is -0.138. The molecule has 0 unspecified atom stereocenters. The molecular weight excluding hydrogens is 718 g/mol. The Balaban J connectivity index is 2.54. The van der Waals surface area contributed by atoms with Gasteiger partial charge < -0.3 is 41.4 Å². The molecule has 1 aromatic rings. The summed E-state index contributed by atoms with van der Waals surface area (Å²) >= 11 is 0.981. The molecule has 53 heavy (non-hydrogen) atoms. The lowest BCUT2D eigenvalue weighted by Crippen LogP contribution is -2.55. The predicted molar refractivity (Wildman–Crippen MR) is 187 cm³/mol. The number of aldehydes is 1. The van der Waals surface area contributed by atoms with E-state index in [4.69, 9.17) is 20.6 Å². The zero-order chi connectivity index (χ0) is 39.2. The normalized spacial score (nSPS) is 16.5. The number of hydrogen-bond acceptors (Lipinski definition) is 14. The summed E-state index contributed by atoms with van der Waals surface area (Å²) < 4.78 is 0. The third kappa shape index (κ3) is 19.3. The maximum Gasteiger partial charge on any atom is 0.322 e. The Kier molecular flexibility index (Phi) is 20.1. The van der Waals surface area contributed by atoms with E-state index in [9.17, 15) is 38.4 Å². The number of benzene rings is 1. The van der Waals surface area contributed by atoms with Gasteiger partial charge in [0.05, 0.1) is 32.7 Å². The van der Waals surface area contributed by atoms with Crippen LogP contribution in [0.5, 0.6) is 0 Å². The molecule has 20 nitrogen and oxygen atoms in total. The third-order valence-electron chi connectivity index (χ3n) is 7.85. The second-order valence-corrected chi connectivity index (χ2v) is 12.8. The first-order valence-corrected chi connectivity index (χ1v) is 17.3. The molecule has 4 amide bonds. The van der Waals surface area contributed by atoms with Gasteiger partial charge in [-0.2, -0.15) is 5.26 Å². The van der Waals surface area contributed by atoms with Gasteiger partial charge in [0.15, 0.2) is 0 Å². The summed E-state index contributed by atoms with van der Waals surface area (Å²) in [6.45, 7) is -1.76. The molecule has 1 aliphatic heterocycles. The van der Waals surface area contributed by atoms with Gasteiger partial charge in [-0.05, 0) is 35.9 Å². The number of thioether (sulfide) groups is 1. The quantitative estimate of drug-likeness (QED) is 0.0406. The Bertz CT molecular complexity index is 1480. The van der Waals surface area contributed by atoms with Crippen LogP contribution in [0.1, 0.15) is 5.56 Å². The van der Waals surface area contributed by atoms with Crippen molar-refractivity contribution in [2.24, 2.45) is 0 Å². The van der Waals surface area contributed by atoms with Gasteiger partial charge in [0.25, 0.3) is 0 Å². The van der Waals surface area contributed by atoms with Crippen molar-refractivity contribution >= 4 is 59.6 Å². The summed E-state index contributed by atoms with van der Waals surface area (Å²) in [7, 11) is 0. The topological polar surface area (TPSA) is 282 Å². The van der Waals surface area contributed by atoms with Gasteiger partial charge in [0.2, 0.25) is 23.6 Å². The molecule has 0 saturated carbocycles. The number of aliphatic carboxylic acids is 3. The third-order valence-corrected chi connectivity index (χ3v) is 8.45. The van der Waals surface area contributed by atoms with Crippen molar-refractivity contribution in [3.63, 3.8) is 0 Å². The van der Waals surface area contributed by atoms with Crippen molar-refractivity contribution in [3.8, 4) is 5.40 Å². The van der Waals surface area contributed by atoms with E-state index < -0.39 is 67.2 Å². The average molecular weight is 764 g/mol. The van der Waals surface area contributed by atoms with E-state index in [2.05, 4.69) is 21.3 Å². The highest BCUT2D eigenvalue weighted by atomic mass is 32.2. The Hall–Kier alpha value is -5.14. The Labute approximate surface area is 309 Å². The molecule has 21 heteroatoms. The molecule has 1 fully saturated rings. The molecule has 2 rings (SSSR count). The van der Waals surface area contributed by atoms with Crippen LogP contribution in [0.25, 0.3) is 0 Å². The predicted octanol–water partition coefficient (Wildman–Crippen LogP) is -3.69. The summed E-state index contributed by atoms with van der Waals surface area (Å²) in [5.74, 6) is -5.93. The molecule has 0 aliphatic carbocycles. The lowest BCUT2D eigenvalue weighted by Gasteiger charge is -2.38. The summed E-state index contributed by atoms with van der Waals surface area (Å²) in [5, 5.41) is 47.7. The van der Waals surface area contributed by atoms with E-state index >= 15 is 0 Å². The highest BCUT2D eigenvalue weighted by Crippen LogP contribution is 2.19. The van der Waals surface area contributed by atoms with Crippen LogP contribution in [-0.4, -0.2) is 187 Å². The van der Waals surface area contributed by atoms with E-state index in [1.807, 2.05) is 22.4 Å². The fourth-order valence-corrected chi connectivity index (χ4v) is 5.70. The number of nitrogens with zero attached hydrogens (tertiary/aromatic N) is 5. The van der Waals surface area contributed by atoms with E-state index in [-0.39, 0.29) is 78.5 Å². The molecule has 1 aliphatic rings. The minimum atomic E-state index is -1.24. The van der Waals surface area contributed by atoms with Gasteiger partial charge in [0.1, 0.15) is 31.3 Å². The minimum absolute atomic E-state index is 0.147. The summed E-state index contributed by atoms with van der Waals surface area (Å²) in [6, 6.07) is 6.67. The van der Waals surface area contributed by atoms with Crippen LogP contribution in [0.15, 0.2) is 29.2 Å². The van der Waals surface area contributed by atoms with Crippen LogP contribution < -0.4 is 21.3 Å². The van der Waals surface area contributed by atoms with Crippen molar-refractivity contribution in [2.45, 2.75) is 17.4 Å². The number of amides is 4. The molecule has 0 aromatic heterocycles. The first-order chi connectivity index (χ1) is 25.3. The average Bonchev–Trinajstić information content (AvgIpc) is 3.10. The molecule has 290 valence electrons. The highest BCUT2D eigenvalue weighted by molar-refractivity contribution is 8.03. The van der Waals surface area contributed by atoms with Gasteiger partial charge in [-0.15, -0.1) is 0 Å². The number of rotatable bonds is 19. The second-order valence-electron chi connectivity index (χ2n) is 11.9. The number of carboxylic acids is 3. The zero-order valence-corrected chi connectivity index (χ0v) is 29.8. The Morgan fingerprint density at radius 2 is 1.11 bits per heavy atom. The van der Waals surface area contributed by atoms with E-state index in [1.54, 1.807) is 26.8 Å². The van der Waals surface area contributed by atoms with E-state index in [0.29, 0.717) is 17.6 Å². The number of carbonyl (C=O) groups excluding carboxylic acids is 5. The number of thiocyanates is 1. The monoisotopic (exact) mass is 763 g/mol. The van der Waals surface area contributed by atoms with E-state index in [1.165, 1.54) is 0 Å². The number of carboxylic acid groups (broad SMARTS) is 3. The fourth-order valence-electron chi connectivity index (χ4n) is 5.32. The van der Waals surface area contributed by atoms with Gasteiger partial charge >= 0.3 is 17.9 Å². The fraction of sp³-hybridized carbons (Fsp3) is 0.531. The summed E-state index contributed by atoms with van der Waals surface area (Å²) in [5.41, 5.74) is 0.819. The van der Waals surface area contributed by atoms with Crippen LogP contribution in [-0.2, 0) is 44.8 Å². The molecule has 0 radical (unpaired) electrons. The maximum atomic E-state index is 13.0. The number of hydrogen-bond donors (Lipinski definition) is 7. The van der Waals surface area contributed by atoms with Crippen molar-refractivity contribution in [1.29, 1.82) is 5.26 Å². The van der Waals surface area contributed by atoms with E-state index in [0.717, 1.165) is 17.3 Å². The summed E-state index contributed by atoms with van der Waals surface area (Å²) in [6.07, 6.45) is 0.862. The zero-order valence-electron chi connectivity index (χ0n) is 29.0. The SMILES string of the molecule is N#CSc1ccc(C[C@H]2CN(CC(=O)NCC(=O)O)CCN(CC(=O)NCC(=O)O)CCN(CC(=O)NCC(=O)O)CCN2CC(=O)NCC=O)cc1. The van der Waals surface area contributed by atoms with Crippen molar-refractivity contribution in [3.05, 3.63) is 29.8 Å². The molecule has 0 bridgehead atoms. The van der Waals surface area contributed by atoms with Gasteiger partial charge in [-0.25, -0.2) is 0 Å². The van der Waals surface area contributed by atoms with Gasteiger partial charge in [0, 0.05) is 56.8 Å². The Morgan fingerprint density at radius 1 is 0.679 bits per heavy atom. The summed E-state index contributed by atoms with van der Waals surface area (Å²) in [4.78, 5) is 103. The first kappa shape index (κ1) is 44.0. The maximum absolute atomic E-state index is 13.0. The minimum Gasteiger partial charge on any atom is -0.480 e. The number of carbonyl (C=O) groups is 8. The Morgan fingerprint density at radius 3 is 1.57 bits per heavy atom.